The summed E-state index contributed by atoms with van der Waals surface area (Å²) in [6.07, 6.45) is 3.29. The van der Waals surface area contributed by atoms with Crippen LogP contribution in [0, 0.1) is 5.92 Å². The van der Waals surface area contributed by atoms with Crippen LogP contribution in [0.25, 0.3) is 0 Å². The van der Waals surface area contributed by atoms with Gasteiger partial charge in [0.2, 0.25) is 5.24 Å². The molecule has 4 nitrogen and oxygen atoms in total. The minimum absolute atomic E-state index is 0.158. The molecule has 0 aromatic rings. The lowest BCUT2D eigenvalue weighted by Gasteiger charge is -2.09. The zero-order valence-corrected chi connectivity index (χ0v) is 10.9. The van der Waals surface area contributed by atoms with Gasteiger partial charge >= 0.3 is 5.97 Å². The number of carbonyl (C=O) groups is 2. The van der Waals surface area contributed by atoms with E-state index in [1.54, 1.807) is 0 Å². The Morgan fingerprint density at radius 3 is 3.00 bits per heavy atom. The molecule has 1 aliphatic rings. The van der Waals surface area contributed by atoms with E-state index in [2.05, 4.69) is 6.92 Å². The summed E-state index contributed by atoms with van der Waals surface area (Å²) in [7, 11) is 0. The maximum atomic E-state index is 11.5. The third-order valence-corrected chi connectivity index (χ3v) is 2.99. The van der Waals surface area contributed by atoms with Gasteiger partial charge < -0.3 is 9.47 Å². The van der Waals surface area contributed by atoms with Crippen molar-refractivity contribution in [2.24, 2.45) is 5.92 Å². The largest absolute Gasteiger partial charge is 0.460 e. The van der Waals surface area contributed by atoms with Gasteiger partial charge in [0.05, 0.1) is 12.5 Å². The minimum atomic E-state index is -0.402. The molecule has 1 saturated heterocycles. The van der Waals surface area contributed by atoms with Crippen LogP contribution in [-0.2, 0) is 19.1 Å². The normalized spacial score (nSPS) is 23.8. The summed E-state index contributed by atoms with van der Waals surface area (Å²) in [6, 6.07) is 0. The fourth-order valence-electron chi connectivity index (χ4n) is 1.81. The molecule has 98 valence electrons. The number of cyclic esters (lactones) is 1. The van der Waals surface area contributed by atoms with E-state index in [0.717, 1.165) is 12.8 Å². The molecule has 0 saturated carbocycles. The summed E-state index contributed by atoms with van der Waals surface area (Å²) in [4.78, 5) is 22.1. The second-order valence-corrected chi connectivity index (χ2v) is 4.74. The topological polar surface area (TPSA) is 52.6 Å². The molecule has 5 heteroatoms. The standard InChI is InChI=1S/C12H19ClO4/c1-2-3-6-16-8-10-7-9(12(15)17-10)4-5-11(13)14/h9-10H,2-8H2,1H3. The van der Waals surface area contributed by atoms with Crippen molar-refractivity contribution in [3.05, 3.63) is 0 Å². The average molecular weight is 263 g/mol. The number of hydrogen-bond acceptors (Lipinski definition) is 4. The number of ether oxygens (including phenoxy) is 2. The maximum absolute atomic E-state index is 11.5. The van der Waals surface area contributed by atoms with E-state index in [-0.39, 0.29) is 24.4 Å². The molecule has 17 heavy (non-hydrogen) atoms. The SMILES string of the molecule is CCCCOCC1CC(CCC(=O)Cl)C(=O)O1. The average Bonchev–Trinajstić information content (AvgIpc) is 2.63. The molecule has 0 aliphatic carbocycles. The van der Waals surface area contributed by atoms with Gasteiger partial charge in [0.15, 0.2) is 0 Å². The minimum Gasteiger partial charge on any atom is -0.460 e. The smallest absolute Gasteiger partial charge is 0.309 e. The van der Waals surface area contributed by atoms with Gasteiger partial charge in [-0.25, -0.2) is 0 Å². The molecule has 2 unspecified atom stereocenters. The lowest BCUT2D eigenvalue weighted by Crippen LogP contribution is -2.15. The Balaban J connectivity index is 2.19. The van der Waals surface area contributed by atoms with E-state index in [1.807, 2.05) is 0 Å². The van der Waals surface area contributed by atoms with Crippen LogP contribution in [0.4, 0.5) is 0 Å². The number of hydrogen-bond donors (Lipinski definition) is 0. The summed E-state index contributed by atoms with van der Waals surface area (Å²) in [5.74, 6) is -0.426. The first-order chi connectivity index (χ1) is 8.13. The van der Waals surface area contributed by atoms with E-state index in [1.165, 1.54) is 0 Å². The number of esters is 1. The van der Waals surface area contributed by atoms with Crippen LogP contribution in [-0.4, -0.2) is 30.5 Å². The zero-order valence-electron chi connectivity index (χ0n) is 10.1. The van der Waals surface area contributed by atoms with E-state index in [9.17, 15) is 9.59 Å². The Bertz CT molecular complexity index is 267. The van der Waals surface area contributed by atoms with Crippen molar-refractivity contribution in [3.8, 4) is 0 Å². The van der Waals surface area contributed by atoms with Crippen LogP contribution in [0.2, 0.25) is 0 Å². The lowest BCUT2D eigenvalue weighted by atomic mass is 10.00. The lowest BCUT2D eigenvalue weighted by molar-refractivity contribution is -0.146. The second-order valence-electron chi connectivity index (χ2n) is 4.31. The molecular weight excluding hydrogens is 244 g/mol. The fraction of sp³-hybridized carbons (Fsp3) is 0.833. The highest BCUT2D eigenvalue weighted by atomic mass is 35.5. The van der Waals surface area contributed by atoms with Gasteiger partial charge in [0, 0.05) is 13.0 Å². The molecule has 1 aliphatic heterocycles. The highest BCUT2D eigenvalue weighted by Gasteiger charge is 2.34. The van der Waals surface area contributed by atoms with Crippen molar-refractivity contribution in [1.82, 2.24) is 0 Å². The molecular formula is C12H19ClO4. The molecule has 1 fully saturated rings. The second kappa shape index (κ2) is 7.67. The molecule has 0 bridgehead atoms. The molecule has 0 amide bonds. The molecule has 0 spiro atoms. The zero-order chi connectivity index (χ0) is 12.7. The highest BCUT2D eigenvalue weighted by Crippen LogP contribution is 2.25. The van der Waals surface area contributed by atoms with Crippen molar-refractivity contribution in [2.75, 3.05) is 13.2 Å². The van der Waals surface area contributed by atoms with Crippen LogP contribution < -0.4 is 0 Å². The van der Waals surface area contributed by atoms with Crippen molar-refractivity contribution in [1.29, 1.82) is 0 Å². The van der Waals surface area contributed by atoms with Crippen molar-refractivity contribution in [2.45, 2.75) is 45.1 Å². The van der Waals surface area contributed by atoms with E-state index < -0.39 is 5.24 Å². The number of rotatable bonds is 8. The molecule has 0 radical (unpaired) electrons. The van der Waals surface area contributed by atoms with Crippen LogP contribution in [0.15, 0.2) is 0 Å². The van der Waals surface area contributed by atoms with E-state index in [0.29, 0.717) is 26.1 Å². The summed E-state index contributed by atoms with van der Waals surface area (Å²) in [5.41, 5.74) is 0. The van der Waals surface area contributed by atoms with Gasteiger partial charge in [-0.1, -0.05) is 13.3 Å². The summed E-state index contributed by atoms with van der Waals surface area (Å²) in [5, 5.41) is -0.402. The summed E-state index contributed by atoms with van der Waals surface area (Å²) < 4.78 is 10.6. The summed E-state index contributed by atoms with van der Waals surface area (Å²) in [6.45, 7) is 3.25. The molecule has 1 heterocycles. The predicted molar refractivity (Wildman–Crippen MR) is 63.8 cm³/mol. The van der Waals surface area contributed by atoms with Crippen LogP contribution in [0.5, 0.6) is 0 Å². The van der Waals surface area contributed by atoms with Gasteiger partial charge in [-0.3, -0.25) is 9.59 Å². The van der Waals surface area contributed by atoms with Gasteiger partial charge in [-0.05, 0) is 30.9 Å². The van der Waals surface area contributed by atoms with Gasteiger partial charge in [0.1, 0.15) is 6.10 Å². The Morgan fingerprint density at radius 2 is 2.35 bits per heavy atom. The van der Waals surface area contributed by atoms with Crippen molar-refractivity contribution < 1.29 is 19.1 Å². The van der Waals surface area contributed by atoms with Gasteiger partial charge in [0.25, 0.3) is 0 Å². The molecule has 2 atom stereocenters. The third-order valence-electron chi connectivity index (χ3n) is 2.80. The maximum Gasteiger partial charge on any atom is 0.309 e. The third kappa shape index (κ3) is 5.50. The Kier molecular flexibility index (Phi) is 6.52. The molecule has 0 N–H and O–H groups in total. The predicted octanol–water partition coefficient (Wildman–Crippen LogP) is 2.28. The van der Waals surface area contributed by atoms with Crippen LogP contribution in [0.3, 0.4) is 0 Å². The fourth-order valence-corrected chi connectivity index (χ4v) is 1.92. The number of carbonyl (C=O) groups excluding carboxylic acids is 2. The first-order valence-electron chi connectivity index (χ1n) is 6.10. The van der Waals surface area contributed by atoms with Gasteiger partial charge in [-0.2, -0.15) is 0 Å². The quantitative estimate of drug-likeness (QED) is 0.383. The van der Waals surface area contributed by atoms with Crippen molar-refractivity contribution >= 4 is 22.8 Å². The first-order valence-corrected chi connectivity index (χ1v) is 6.47. The first kappa shape index (κ1) is 14.5. The molecule has 1 rings (SSSR count). The van der Waals surface area contributed by atoms with Crippen molar-refractivity contribution in [3.63, 3.8) is 0 Å². The number of halogens is 1. The molecule has 0 aromatic heterocycles. The Labute approximate surface area is 107 Å². The molecule has 0 aromatic carbocycles. The summed E-state index contributed by atoms with van der Waals surface area (Å²) >= 11 is 5.24. The monoisotopic (exact) mass is 262 g/mol. The van der Waals surface area contributed by atoms with Crippen LogP contribution >= 0.6 is 11.6 Å². The Hall–Kier alpha value is -0.610. The van der Waals surface area contributed by atoms with Crippen LogP contribution in [0.1, 0.15) is 39.0 Å². The highest BCUT2D eigenvalue weighted by molar-refractivity contribution is 6.63. The van der Waals surface area contributed by atoms with E-state index in [4.69, 9.17) is 21.1 Å². The Morgan fingerprint density at radius 1 is 1.59 bits per heavy atom. The van der Waals surface area contributed by atoms with E-state index >= 15 is 0 Å². The van der Waals surface area contributed by atoms with Gasteiger partial charge in [-0.15, -0.1) is 0 Å². The number of unbranched alkanes of at least 4 members (excludes halogenated alkanes) is 1.